The largest absolute Gasteiger partial charge is 0.463 e. The van der Waals surface area contributed by atoms with Crippen LogP contribution in [0.3, 0.4) is 0 Å². The minimum atomic E-state index is -0.989. The van der Waals surface area contributed by atoms with Crippen molar-refractivity contribution < 1.29 is 24.2 Å². The Morgan fingerprint density at radius 2 is 0.864 bits per heavy atom. The van der Waals surface area contributed by atoms with Gasteiger partial charge in [0.15, 0.2) is 0 Å². The van der Waals surface area contributed by atoms with Crippen molar-refractivity contribution in [2.24, 2.45) is 0 Å². The van der Waals surface area contributed by atoms with E-state index in [0.717, 1.165) is 83.5 Å². The zero-order chi connectivity index (χ0) is 32.2. The van der Waals surface area contributed by atoms with Gasteiger partial charge in [-0.2, -0.15) is 0 Å². The zero-order valence-electron chi connectivity index (χ0n) is 28.1. The molecular weight excluding hydrogens is 548 g/mol. The molecule has 0 aliphatic rings. The third-order valence-corrected chi connectivity index (χ3v) is 6.93. The van der Waals surface area contributed by atoms with E-state index in [4.69, 9.17) is 9.47 Å². The first-order chi connectivity index (χ1) is 21.6. The van der Waals surface area contributed by atoms with Gasteiger partial charge in [0.05, 0.1) is 0 Å². The van der Waals surface area contributed by atoms with Crippen molar-refractivity contribution in [3.05, 3.63) is 72.9 Å². The second-order valence-electron chi connectivity index (χ2n) is 11.2. The smallest absolute Gasteiger partial charge is 0.305 e. The molecule has 0 heterocycles. The summed E-state index contributed by atoms with van der Waals surface area (Å²) in [5.41, 5.74) is 0. The number of carbonyl (C=O) groups is 2. The fourth-order valence-electron chi connectivity index (χ4n) is 4.28. The van der Waals surface area contributed by atoms with E-state index in [9.17, 15) is 14.7 Å². The normalized spacial score (nSPS) is 13.1. The highest BCUT2D eigenvalue weighted by atomic mass is 16.6. The number of allylic oxidation sites excluding steroid dienone is 12. The van der Waals surface area contributed by atoms with Crippen LogP contribution in [0.1, 0.15) is 142 Å². The Morgan fingerprint density at radius 1 is 0.500 bits per heavy atom. The van der Waals surface area contributed by atoms with Crippen LogP contribution in [0.25, 0.3) is 0 Å². The molecule has 0 aromatic rings. The van der Waals surface area contributed by atoms with Crippen LogP contribution in [0.2, 0.25) is 0 Å². The Bertz CT molecular complexity index is 833. The van der Waals surface area contributed by atoms with Gasteiger partial charge in [0.2, 0.25) is 0 Å². The van der Waals surface area contributed by atoms with Crippen molar-refractivity contribution in [2.75, 3.05) is 13.2 Å². The van der Waals surface area contributed by atoms with E-state index in [1.807, 2.05) is 0 Å². The molecule has 0 amide bonds. The number of carbonyl (C=O) groups excluding carboxylic acids is 2. The van der Waals surface area contributed by atoms with Crippen LogP contribution < -0.4 is 0 Å². The summed E-state index contributed by atoms with van der Waals surface area (Å²) >= 11 is 0. The number of esters is 2. The molecule has 0 fully saturated rings. The van der Waals surface area contributed by atoms with E-state index in [2.05, 4.69) is 86.8 Å². The third-order valence-electron chi connectivity index (χ3n) is 6.93. The summed E-state index contributed by atoms with van der Waals surface area (Å²) in [5.74, 6) is -0.637. The zero-order valence-corrected chi connectivity index (χ0v) is 28.1. The average molecular weight is 613 g/mol. The van der Waals surface area contributed by atoms with Crippen molar-refractivity contribution in [1.29, 1.82) is 0 Å². The first-order valence-corrected chi connectivity index (χ1v) is 17.5. The standard InChI is InChI=1S/C39H64O5/c1-3-5-7-9-11-13-15-17-19-21-23-25-27-29-31-33-38(41)43-35-37(40)36-44-39(42)34-32-30-28-26-24-22-20-18-16-14-12-10-8-6-4-2/h5,7,11-14,17-20,24,26,37,40H,3-4,6,8-10,15-16,21-23,25,27-36H2,1-2H3/b7-5-,13-11-,14-12-,19-17-,20-18-,26-24-/t37-/m0/s1. The van der Waals surface area contributed by atoms with Gasteiger partial charge in [0.25, 0.3) is 0 Å². The number of unbranched alkanes of at least 4 members (excludes halogenated alkanes) is 10. The van der Waals surface area contributed by atoms with E-state index in [-0.39, 0.29) is 25.2 Å². The molecule has 0 bridgehead atoms. The summed E-state index contributed by atoms with van der Waals surface area (Å²) in [6.07, 6.45) is 45.2. The van der Waals surface area contributed by atoms with Gasteiger partial charge in [-0.05, 0) is 83.5 Å². The van der Waals surface area contributed by atoms with E-state index in [0.29, 0.717) is 12.8 Å². The number of rotatable bonds is 30. The Labute approximate surface area is 270 Å². The second kappa shape index (κ2) is 34.8. The lowest BCUT2D eigenvalue weighted by atomic mass is 10.1. The van der Waals surface area contributed by atoms with E-state index >= 15 is 0 Å². The third kappa shape index (κ3) is 33.8. The first kappa shape index (κ1) is 41.3. The lowest BCUT2D eigenvalue weighted by Crippen LogP contribution is -2.25. The first-order valence-electron chi connectivity index (χ1n) is 17.5. The molecule has 5 nitrogen and oxygen atoms in total. The summed E-state index contributed by atoms with van der Waals surface area (Å²) in [7, 11) is 0. The van der Waals surface area contributed by atoms with E-state index in [1.54, 1.807) is 0 Å². The predicted molar refractivity (Wildman–Crippen MR) is 186 cm³/mol. The maximum atomic E-state index is 11.9. The Kier molecular flexibility index (Phi) is 32.7. The van der Waals surface area contributed by atoms with Gasteiger partial charge in [-0.25, -0.2) is 0 Å². The molecule has 250 valence electrons. The quantitative estimate of drug-likeness (QED) is 0.0496. The van der Waals surface area contributed by atoms with Gasteiger partial charge < -0.3 is 14.6 Å². The lowest BCUT2D eigenvalue weighted by Gasteiger charge is -2.12. The maximum Gasteiger partial charge on any atom is 0.305 e. The molecule has 1 N–H and O–H groups in total. The van der Waals surface area contributed by atoms with Crippen molar-refractivity contribution in [2.45, 2.75) is 148 Å². The van der Waals surface area contributed by atoms with Crippen LogP contribution in [0.15, 0.2) is 72.9 Å². The molecule has 0 aromatic carbocycles. The van der Waals surface area contributed by atoms with Gasteiger partial charge >= 0.3 is 11.9 Å². The number of hydrogen-bond donors (Lipinski definition) is 1. The van der Waals surface area contributed by atoms with Gasteiger partial charge in [-0.1, -0.05) is 119 Å². The number of aliphatic hydroxyl groups excluding tert-OH is 1. The van der Waals surface area contributed by atoms with Crippen LogP contribution in [-0.2, 0) is 19.1 Å². The van der Waals surface area contributed by atoms with Crippen LogP contribution in [0.4, 0.5) is 0 Å². The molecule has 0 spiro atoms. The Balaban J connectivity index is 3.58. The maximum absolute atomic E-state index is 11.9. The predicted octanol–water partition coefficient (Wildman–Crippen LogP) is 10.6. The highest BCUT2D eigenvalue weighted by Crippen LogP contribution is 2.09. The molecule has 44 heavy (non-hydrogen) atoms. The van der Waals surface area contributed by atoms with Crippen LogP contribution in [0.5, 0.6) is 0 Å². The topological polar surface area (TPSA) is 72.8 Å². The van der Waals surface area contributed by atoms with Crippen molar-refractivity contribution in [3.8, 4) is 0 Å². The Hall–Kier alpha value is -2.66. The van der Waals surface area contributed by atoms with Crippen LogP contribution >= 0.6 is 0 Å². The molecule has 0 aromatic heterocycles. The molecule has 0 radical (unpaired) electrons. The van der Waals surface area contributed by atoms with Gasteiger partial charge in [-0.3, -0.25) is 9.59 Å². The molecule has 0 unspecified atom stereocenters. The SMILES string of the molecule is CC/C=C\C/C=C\C/C=C\CCCCCCCC(=O)OC[C@H](O)COC(=O)CCCC/C=C\C/C=C\C/C=C\CCCCC. The fourth-order valence-corrected chi connectivity index (χ4v) is 4.28. The number of ether oxygens (including phenoxy) is 2. The molecule has 1 atom stereocenters. The average Bonchev–Trinajstić information content (AvgIpc) is 3.02. The molecular formula is C39H64O5. The van der Waals surface area contributed by atoms with E-state index in [1.165, 1.54) is 32.1 Å². The molecule has 0 saturated carbocycles. The van der Waals surface area contributed by atoms with Crippen molar-refractivity contribution >= 4 is 11.9 Å². The fraction of sp³-hybridized carbons (Fsp3) is 0.641. The Morgan fingerprint density at radius 3 is 1.34 bits per heavy atom. The van der Waals surface area contributed by atoms with Crippen LogP contribution in [0, 0.1) is 0 Å². The van der Waals surface area contributed by atoms with Crippen LogP contribution in [-0.4, -0.2) is 36.4 Å². The second-order valence-corrected chi connectivity index (χ2v) is 11.2. The molecule has 0 aliphatic heterocycles. The molecule has 0 saturated heterocycles. The van der Waals surface area contributed by atoms with Crippen molar-refractivity contribution in [3.63, 3.8) is 0 Å². The molecule has 5 heteroatoms. The summed E-state index contributed by atoms with van der Waals surface area (Å²) in [5, 5.41) is 9.97. The minimum absolute atomic E-state index is 0.141. The van der Waals surface area contributed by atoms with Gasteiger partial charge in [-0.15, -0.1) is 0 Å². The summed E-state index contributed by atoms with van der Waals surface area (Å²) < 4.78 is 10.3. The van der Waals surface area contributed by atoms with E-state index < -0.39 is 6.10 Å². The highest BCUT2D eigenvalue weighted by molar-refractivity contribution is 5.69. The minimum Gasteiger partial charge on any atom is -0.463 e. The monoisotopic (exact) mass is 612 g/mol. The molecule has 0 aliphatic carbocycles. The van der Waals surface area contributed by atoms with Crippen molar-refractivity contribution in [1.82, 2.24) is 0 Å². The highest BCUT2D eigenvalue weighted by Gasteiger charge is 2.12. The van der Waals surface area contributed by atoms with Gasteiger partial charge in [0, 0.05) is 12.8 Å². The lowest BCUT2D eigenvalue weighted by molar-refractivity contribution is -0.152. The summed E-state index contributed by atoms with van der Waals surface area (Å²) in [6, 6.07) is 0. The molecule has 0 rings (SSSR count). The van der Waals surface area contributed by atoms with Gasteiger partial charge in [0.1, 0.15) is 19.3 Å². The number of aliphatic hydroxyl groups is 1. The number of hydrogen-bond acceptors (Lipinski definition) is 5. The summed E-state index contributed by atoms with van der Waals surface area (Å²) in [4.78, 5) is 23.8. The summed E-state index contributed by atoms with van der Waals surface area (Å²) in [6.45, 7) is 4.08.